The van der Waals surface area contributed by atoms with Crippen LogP contribution in [0.4, 0.5) is 0 Å². The molecule has 1 fully saturated rings. The summed E-state index contributed by atoms with van der Waals surface area (Å²) in [4.78, 5) is 32.2. The molecular weight excluding hydrogens is 524 g/mol. The third-order valence-electron chi connectivity index (χ3n) is 6.38. The molecule has 0 aliphatic heterocycles. The summed E-state index contributed by atoms with van der Waals surface area (Å²) in [5.74, 6) is -0.454. The topological polar surface area (TPSA) is 108 Å². The molecule has 0 spiro atoms. The zero-order chi connectivity index (χ0) is 27.1. The number of carbonyl (C=O) groups is 2. The normalized spacial score (nSPS) is 14.1. The van der Waals surface area contributed by atoms with Crippen LogP contribution >= 0.6 is 11.6 Å². The Labute approximate surface area is 228 Å². The summed E-state index contributed by atoms with van der Waals surface area (Å²) in [6, 6.07) is 16.7. The van der Waals surface area contributed by atoms with Crippen LogP contribution in [0, 0.1) is 0 Å². The summed E-state index contributed by atoms with van der Waals surface area (Å²) in [6.45, 7) is 2.27. The first-order chi connectivity index (χ1) is 18.2. The Hall–Kier alpha value is -3.27. The number of benzene rings is 2. The SMILES string of the molecule is C[C@H](C(=O)NCc1cccnc1)N(Cc1ccc(Cl)cc1)C(=O)CCc1ccc(S(=O)(=O)NC2CC2)cc1. The fourth-order valence-electron chi connectivity index (χ4n) is 3.93. The first-order valence-electron chi connectivity index (χ1n) is 12.5. The molecule has 1 aliphatic carbocycles. The molecular formula is C28H31ClN4O4S. The van der Waals surface area contributed by atoms with Crippen molar-refractivity contribution in [2.24, 2.45) is 0 Å². The monoisotopic (exact) mass is 554 g/mol. The van der Waals surface area contributed by atoms with Gasteiger partial charge in [-0.05, 0) is 73.2 Å². The first kappa shape index (κ1) is 27.8. The maximum absolute atomic E-state index is 13.4. The van der Waals surface area contributed by atoms with Crippen molar-refractivity contribution in [1.29, 1.82) is 0 Å². The zero-order valence-electron chi connectivity index (χ0n) is 21.1. The van der Waals surface area contributed by atoms with E-state index in [0.29, 0.717) is 18.0 Å². The lowest BCUT2D eigenvalue weighted by atomic mass is 10.1. The van der Waals surface area contributed by atoms with Crippen molar-refractivity contribution in [3.63, 3.8) is 0 Å². The standard InChI is InChI=1S/C28H31ClN4O4S/c1-20(28(35)31-18-23-3-2-16-30-17-23)33(19-22-4-9-24(29)10-5-22)27(34)15-8-21-6-13-26(14-7-21)38(36,37)32-25-11-12-25/h2-7,9-10,13-14,16-17,20,25,32H,8,11-12,15,18-19H2,1H3,(H,31,35)/t20-/m1/s1. The van der Waals surface area contributed by atoms with E-state index in [1.54, 1.807) is 66.7 Å². The number of hydrogen-bond acceptors (Lipinski definition) is 5. The molecule has 1 aliphatic rings. The van der Waals surface area contributed by atoms with Gasteiger partial charge >= 0.3 is 0 Å². The lowest BCUT2D eigenvalue weighted by molar-refractivity contribution is -0.140. The Kier molecular flexibility index (Phi) is 9.14. The summed E-state index contributed by atoms with van der Waals surface area (Å²) in [5.41, 5.74) is 2.55. The van der Waals surface area contributed by atoms with E-state index in [-0.39, 0.29) is 35.7 Å². The number of aromatic nitrogens is 1. The molecule has 0 unspecified atom stereocenters. The van der Waals surface area contributed by atoms with E-state index in [4.69, 9.17) is 11.6 Å². The Morgan fingerprint density at radius 3 is 2.34 bits per heavy atom. The lowest BCUT2D eigenvalue weighted by Crippen LogP contribution is -2.47. The van der Waals surface area contributed by atoms with Gasteiger partial charge in [0.1, 0.15) is 6.04 Å². The fourth-order valence-corrected chi connectivity index (χ4v) is 5.36. The van der Waals surface area contributed by atoms with Crippen molar-refractivity contribution in [3.05, 3.63) is 94.8 Å². The van der Waals surface area contributed by atoms with E-state index in [1.807, 2.05) is 18.2 Å². The van der Waals surface area contributed by atoms with Crippen LogP contribution in [0.3, 0.4) is 0 Å². The third-order valence-corrected chi connectivity index (χ3v) is 8.17. The summed E-state index contributed by atoms with van der Waals surface area (Å²) < 4.78 is 27.5. The van der Waals surface area contributed by atoms with Crippen LogP contribution in [-0.4, -0.2) is 42.2 Å². The molecule has 200 valence electrons. The summed E-state index contributed by atoms with van der Waals surface area (Å²) in [6.07, 6.45) is 5.66. The Bertz CT molecular complexity index is 1350. The second-order valence-electron chi connectivity index (χ2n) is 9.44. The van der Waals surface area contributed by atoms with Crippen molar-refractivity contribution in [2.75, 3.05) is 0 Å². The maximum Gasteiger partial charge on any atom is 0.242 e. The molecule has 3 aromatic rings. The summed E-state index contributed by atoms with van der Waals surface area (Å²) >= 11 is 6.02. The quantitative estimate of drug-likeness (QED) is 0.353. The minimum atomic E-state index is -3.53. The number of halogens is 1. The molecule has 1 aromatic heterocycles. The molecule has 38 heavy (non-hydrogen) atoms. The van der Waals surface area contributed by atoms with Gasteiger partial charge in [-0.1, -0.05) is 41.9 Å². The number of rotatable bonds is 12. The van der Waals surface area contributed by atoms with Gasteiger partial charge in [0, 0.05) is 43.0 Å². The number of carbonyl (C=O) groups excluding carboxylic acids is 2. The average Bonchev–Trinajstić information content (AvgIpc) is 3.74. The van der Waals surface area contributed by atoms with Crippen LogP contribution in [0.15, 0.2) is 78.0 Å². The number of sulfonamides is 1. The van der Waals surface area contributed by atoms with Gasteiger partial charge in [0.25, 0.3) is 0 Å². The number of aryl methyl sites for hydroxylation is 1. The van der Waals surface area contributed by atoms with Gasteiger partial charge in [0.2, 0.25) is 21.8 Å². The van der Waals surface area contributed by atoms with Crippen LogP contribution in [-0.2, 0) is 39.1 Å². The van der Waals surface area contributed by atoms with Gasteiger partial charge in [-0.25, -0.2) is 13.1 Å². The summed E-state index contributed by atoms with van der Waals surface area (Å²) in [5, 5.41) is 3.47. The van der Waals surface area contributed by atoms with Gasteiger partial charge in [0.05, 0.1) is 4.90 Å². The van der Waals surface area contributed by atoms with E-state index < -0.39 is 16.1 Å². The highest BCUT2D eigenvalue weighted by atomic mass is 35.5. The minimum Gasteiger partial charge on any atom is -0.350 e. The predicted molar refractivity (Wildman–Crippen MR) is 146 cm³/mol. The van der Waals surface area contributed by atoms with Crippen LogP contribution in [0.5, 0.6) is 0 Å². The minimum absolute atomic E-state index is 0.0347. The van der Waals surface area contributed by atoms with Crippen LogP contribution in [0.25, 0.3) is 0 Å². The van der Waals surface area contributed by atoms with Crippen LogP contribution in [0.2, 0.25) is 5.02 Å². The smallest absolute Gasteiger partial charge is 0.242 e. The predicted octanol–water partition coefficient (Wildman–Crippen LogP) is 3.84. The largest absolute Gasteiger partial charge is 0.350 e. The maximum atomic E-state index is 13.4. The van der Waals surface area contributed by atoms with E-state index in [0.717, 1.165) is 29.5 Å². The Morgan fingerprint density at radius 2 is 1.71 bits per heavy atom. The molecule has 10 heteroatoms. The van der Waals surface area contributed by atoms with Crippen LogP contribution < -0.4 is 10.0 Å². The molecule has 1 heterocycles. The first-order valence-corrected chi connectivity index (χ1v) is 14.4. The van der Waals surface area contributed by atoms with E-state index >= 15 is 0 Å². The van der Waals surface area contributed by atoms with Crippen molar-refractivity contribution < 1.29 is 18.0 Å². The number of hydrogen-bond donors (Lipinski definition) is 2. The highest BCUT2D eigenvalue weighted by molar-refractivity contribution is 7.89. The van der Waals surface area contributed by atoms with Gasteiger partial charge in [-0.3, -0.25) is 14.6 Å². The molecule has 2 aromatic carbocycles. The van der Waals surface area contributed by atoms with Crippen molar-refractivity contribution in [2.45, 2.75) is 62.7 Å². The summed E-state index contributed by atoms with van der Waals surface area (Å²) in [7, 11) is -3.53. The second kappa shape index (κ2) is 12.5. The molecule has 1 atom stereocenters. The van der Waals surface area contributed by atoms with E-state index in [2.05, 4.69) is 15.0 Å². The van der Waals surface area contributed by atoms with Crippen molar-refractivity contribution in [1.82, 2.24) is 19.9 Å². The Morgan fingerprint density at radius 1 is 1.03 bits per heavy atom. The lowest BCUT2D eigenvalue weighted by Gasteiger charge is -2.29. The number of nitrogens with zero attached hydrogens (tertiary/aromatic N) is 2. The van der Waals surface area contributed by atoms with Crippen molar-refractivity contribution in [3.8, 4) is 0 Å². The molecule has 0 saturated heterocycles. The second-order valence-corrected chi connectivity index (χ2v) is 11.6. The molecule has 2 N–H and O–H groups in total. The molecule has 0 radical (unpaired) electrons. The highest BCUT2D eigenvalue weighted by Gasteiger charge is 2.28. The third kappa shape index (κ3) is 7.86. The van der Waals surface area contributed by atoms with Gasteiger partial charge in [-0.15, -0.1) is 0 Å². The Balaban J connectivity index is 1.41. The molecule has 0 bridgehead atoms. The molecule has 2 amide bonds. The average molecular weight is 555 g/mol. The van der Waals surface area contributed by atoms with Crippen LogP contribution in [0.1, 0.15) is 42.9 Å². The number of pyridine rings is 1. The molecule has 4 rings (SSSR count). The molecule has 8 nitrogen and oxygen atoms in total. The van der Waals surface area contributed by atoms with Gasteiger partial charge < -0.3 is 10.2 Å². The number of nitrogens with one attached hydrogen (secondary N) is 2. The van der Waals surface area contributed by atoms with Crippen molar-refractivity contribution >= 4 is 33.4 Å². The van der Waals surface area contributed by atoms with E-state index in [1.165, 1.54) is 0 Å². The van der Waals surface area contributed by atoms with Gasteiger partial charge in [-0.2, -0.15) is 0 Å². The zero-order valence-corrected chi connectivity index (χ0v) is 22.7. The number of amides is 2. The fraction of sp³-hybridized carbons (Fsp3) is 0.321. The molecule has 1 saturated carbocycles. The van der Waals surface area contributed by atoms with E-state index in [9.17, 15) is 18.0 Å². The highest BCUT2D eigenvalue weighted by Crippen LogP contribution is 2.22. The van der Waals surface area contributed by atoms with Gasteiger partial charge in [0.15, 0.2) is 0 Å².